The van der Waals surface area contributed by atoms with Crippen molar-refractivity contribution in [3.05, 3.63) is 53.6 Å². The Balaban J connectivity index is 1.43. The van der Waals surface area contributed by atoms with Crippen LogP contribution in [0.25, 0.3) is 5.65 Å². The zero-order valence-electron chi connectivity index (χ0n) is 15.3. The van der Waals surface area contributed by atoms with E-state index in [1.54, 1.807) is 12.3 Å². The summed E-state index contributed by atoms with van der Waals surface area (Å²) in [7, 11) is 0. The first kappa shape index (κ1) is 17.2. The highest BCUT2D eigenvalue weighted by molar-refractivity contribution is 5.70. The Kier molecular flexibility index (Phi) is 4.03. The van der Waals surface area contributed by atoms with Crippen molar-refractivity contribution in [3.8, 4) is 0 Å². The maximum Gasteiger partial charge on any atom is 0.212 e. The summed E-state index contributed by atoms with van der Waals surface area (Å²) < 4.78 is 7.28. The van der Waals surface area contributed by atoms with Crippen molar-refractivity contribution in [2.75, 3.05) is 23.8 Å². The van der Waals surface area contributed by atoms with E-state index in [9.17, 15) is 9.90 Å². The third-order valence-corrected chi connectivity index (χ3v) is 5.29. The summed E-state index contributed by atoms with van der Waals surface area (Å²) in [6.45, 7) is 1.13. The molecule has 3 N–H and O–H groups in total. The molecule has 3 aromatic heterocycles. The summed E-state index contributed by atoms with van der Waals surface area (Å²) in [4.78, 5) is 19.4. The largest absolute Gasteiger partial charge is 0.380 e. The number of ether oxygens (including phenoxy) is 1. The van der Waals surface area contributed by atoms with Gasteiger partial charge in [0.05, 0.1) is 25.5 Å². The van der Waals surface area contributed by atoms with Crippen LogP contribution >= 0.6 is 0 Å². The third-order valence-electron chi connectivity index (χ3n) is 5.29. The van der Waals surface area contributed by atoms with E-state index in [1.165, 1.54) is 18.4 Å². The molecule has 28 heavy (non-hydrogen) atoms. The average Bonchev–Trinajstić information content (AvgIpc) is 3.44. The zero-order valence-corrected chi connectivity index (χ0v) is 15.3. The number of hydrogen-bond acceptors (Lipinski definition) is 6. The minimum atomic E-state index is -0.956. The number of nitrogens with one attached hydrogen (secondary N) is 2. The highest BCUT2D eigenvalue weighted by atomic mass is 16.5. The number of imidazole rings is 1. The van der Waals surface area contributed by atoms with Crippen molar-refractivity contribution in [3.63, 3.8) is 0 Å². The molecule has 1 saturated heterocycles. The fourth-order valence-corrected chi connectivity index (χ4v) is 3.56. The first-order valence-corrected chi connectivity index (χ1v) is 9.37. The number of aliphatic hydroxyl groups is 1. The lowest BCUT2D eigenvalue weighted by Crippen LogP contribution is -2.46. The normalized spacial score (nSPS) is 17.9. The molecule has 0 bridgehead atoms. The quantitative estimate of drug-likeness (QED) is 0.543. The van der Waals surface area contributed by atoms with Gasteiger partial charge in [0.1, 0.15) is 17.1 Å². The maximum atomic E-state index is 10.9. The summed E-state index contributed by atoms with van der Waals surface area (Å²) in [5, 5.41) is 16.7. The van der Waals surface area contributed by atoms with Gasteiger partial charge in [0.15, 0.2) is 0 Å². The molecule has 8 heteroatoms. The number of carbonyl (C=O) groups is 1. The Morgan fingerprint density at radius 2 is 2.18 bits per heavy atom. The predicted molar refractivity (Wildman–Crippen MR) is 103 cm³/mol. The van der Waals surface area contributed by atoms with E-state index in [2.05, 4.69) is 27.9 Å². The molecule has 1 amide bonds. The van der Waals surface area contributed by atoms with E-state index in [4.69, 9.17) is 9.72 Å². The smallest absolute Gasteiger partial charge is 0.212 e. The van der Waals surface area contributed by atoms with Crippen molar-refractivity contribution in [1.82, 2.24) is 14.4 Å². The van der Waals surface area contributed by atoms with E-state index in [0.717, 1.165) is 22.6 Å². The monoisotopic (exact) mass is 379 g/mol. The van der Waals surface area contributed by atoms with Crippen molar-refractivity contribution in [1.29, 1.82) is 0 Å². The molecule has 0 radical (unpaired) electrons. The molecule has 144 valence electrons. The summed E-state index contributed by atoms with van der Waals surface area (Å²) in [5.41, 5.74) is 3.60. The van der Waals surface area contributed by atoms with Gasteiger partial charge in [-0.25, -0.2) is 9.97 Å². The van der Waals surface area contributed by atoms with E-state index >= 15 is 0 Å². The second-order valence-electron chi connectivity index (χ2n) is 7.49. The second kappa shape index (κ2) is 6.57. The highest BCUT2D eigenvalue weighted by Crippen LogP contribution is 2.42. The SMILES string of the molecule is O=CNc1cc(NCc2cn3cc(C4CC4)cc(C4(O)COC4)c3n2)ccn1. The molecule has 4 heterocycles. The van der Waals surface area contributed by atoms with Gasteiger partial charge in [-0.2, -0.15) is 0 Å². The van der Waals surface area contributed by atoms with Gasteiger partial charge in [-0.3, -0.25) is 4.79 Å². The van der Waals surface area contributed by atoms with Crippen LogP contribution in [0.5, 0.6) is 0 Å². The molecular formula is C20H21N5O3. The standard InChI is InChI=1S/C20H21N5O3/c26-12-23-18-6-15(3-4-21-18)22-7-16-9-25-8-14(13-1-2-13)5-17(19(25)24-16)20(27)10-28-11-20/h3-6,8-9,12-13,27H,1-2,7,10-11H2,(H2,21,22,23,26). The minimum absolute atomic E-state index is 0.306. The molecule has 1 aliphatic heterocycles. The summed E-state index contributed by atoms with van der Waals surface area (Å²) in [6, 6.07) is 5.69. The molecule has 0 unspecified atom stereocenters. The van der Waals surface area contributed by atoms with Crippen LogP contribution in [-0.2, 0) is 21.7 Å². The molecular weight excluding hydrogens is 358 g/mol. The van der Waals surface area contributed by atoms with Gasteiger partial charge < -0.3 is 24.9 Å². The van der Waals surface area contributed by atoms with Crippen LogP contribution in [0.1, 0.15) is 35.6 Å². The van der Waals surface area contributed by atoms with Crippen molar-refractivity contribution >= 4 is 23.6 Å². The van der Waals surface area contributed by atoms with Crippen LogP contribution in [0.15, 0.2) is 36.8 Å². The Morgan fingerprint density at radius 1 is 1.32 bits per heavy atom. The van der Waals surface area contributed by atoms with Crippen molar-refractivity contribution in [2.45, 2.75) is 30.9 Å². The molecule has 2 fully saturated rings. The van der Waals surface area contributed by atoms with Gasteiger partial charge in [0.2, 0.25) is 6.41 Å². The van der Waals surface area contributed by atoms with Crippen molar-refractivity contribution < 1.29 is 14.6 Å². The number of fused-ring (bicyclic) bond motifs is 1. The van der Waals surface area contributed by atoms with Crippen LogP contribution < -0.4 is 10.6 Å². The zero-order chi connectivity index (χ0) is 19.1. The van der Waals surface area contributed by atoms with E-state index in [1.807, 2.05) is 16.7 Å². The lowest BCUT2D eigenvalue weighted by molar-refractivity contribution is -0.184. The molecule has 2 aliphatic rings. The molecule has 3 aromatic rings. The number of amides is 1. The fourth-order valence-electron chi connectivity index (χ4n) is 3.56. The predicted octanol–water partition coefficient (Wildman–Crippen LogP) is 2.00. The van der Waals surface area contributed by atoms with Gasteiger partial charge in [-0.05, 0) is 36.5 Å². The molecule has 0 spiro atoms. The van der Waals surface area contributed by atoms with E-state index < -0.39 is 5.60 Å². The minimum Gasteiger partial charge on any atom is -0.380 e. The van der Waals surface area contributed by atoms with Gasteiger partial charge >= 0.3 is 0 Å². The first-order chi connectivity index (χ1) is 13.6. The van der Waals surface area contributed by atoms with Gasteiger partial charge in [0, 0.05) is 35.9 Å². The van der Waals surface area contributed by atoms with Gasteiger partial charge in [0.25, 0.3) is 0 Å². The van der Waals surface area contributed by atoms with Crippen LogP contribution in [0, 0.1) is 0 Å². The number of aromatic nitrogens is 3. The molecule has 1 saturated carbocycles. The van der Waals surface area contributed by atoms with Crippen LogP contribution in [0.3, 0.4) is 0 Å². The summed E-state index contributed by atoms with van der Waals surface area (Å²) in [6.07, 6.45) is 8.73. The van der Waals surface area contributed by atoms with Crippen LogP contribution in [0.4, 0.5) is 11.5 Å². The molecule has 0 aromatic carbocycles. The number of hydrogen-bond donors (Lipinski definition) is 3. The number of pyridine rings is 2. The van der Waals surface area contributed by atoms with Gasteiger partial charge in [-0.15, -0.1) is 0 Å². The lowest BCUT2D eigenvalue weighted by atomic mass is 9.91. The average molecular weight is 379 g/mol. The fraction of sp³-hybridized carbons (Fsp3) is 0.350. The summed E-state index contributed by atoms with van der Waals surface area (Å²) in [5.74, 6) is 1.07. The molecule has 1 aliphatic carbocycles. The highest BCUT2D eigenvalue weighted by Gasteiger charge is 2.41. The summed E-state index contributed by atoms with van der Waals surface area (Å²) >= 11 is 0. The Labute approximate surface area is 161 Å². The third kappa shape index (κ3) is 3.10. The van der Waals surface area contributed by atoms with E-state index in [0.29, 0.717) is 37.9 Å². The Hall–Kier alpha value is -2.97. The molecule has 5 rings (SSSR count). The van der Waals surface area contributed by atoms with Crippen LogP contribution in [-0.4, -0.2) is 39.1 Å². The second-order valence-corrected chi connectivity index (χ2v) is 7.49. The number of nitrogens with zero attached hydrogens (tertiary/aromatic N) is 3. The Bertz CT molecular complexity index is 1040. The molecule has 0 atom stereocenters. The topological polar surface area (TPSA) is 101 Å². The lowest BCUT2D eigenvalue weighted by Gasteiger charge is -2.37. The maximum absolute atomic E-state index is 10.9. The van der Waals surface area contributed by atoms with E-state index in [-0.39, 0.29) is 0 Å². The number of carbonyl (C=O) groups excluding carboxylic acids is 1. The number of rotatable bonds is 7. The van der Waals surface area contributed by atoms with Gasteiger partial charge in [-0.1, -0.05) is 0 Å². The van der Waals surface area contributed by atoms with Crippen molar-refractivity contribution in [2.24, 2.45) is 0 Å². The molecule has 8 nitrogen and oxygen atoms in total. The Morgan fingerprint density at radius 3 is 2.89 bits per heavy atom. The first-order valence-electron chi connectivity index (χ1n) is 9.37. The number of anilines is 2. The van der Waals surface area contributed by atoms with Crippen LogP contribution in [0.2, 0.25) is 0 Å².